The zero-order valence-electron chi connectivity index (χ0n) is 12.5. The third-order valence-electron chi connectivity index (χ3n) is 4.02. The first-order chi connectivity index (χ1) is 10.3. The molecule has 1 aromatic rings. The Hall–Kier alpha value is -1.34. The Labute approximate surface area is 134 Å². The summed E-state index contributed by atoms with van der Waals surface area (Å²) in [5, 5.41) is 0.642. The number of nitrogens with zero attached hydrogens (tertiary/aromatic N) is 2. The average Bonchev–Trinajstić information content (AvgIpc) is 2.87. The second-order valence-electron chi connectivity index (χ2n) is 5.86. The van der Waals surface area contributed by atoms with Crippen LogP contribution in [0, 0.1) is 6.92 Å². The Bertz CT molecular complexity index is 726. The molecule has 118 valence electrons. The van der Waals surface area contributed by atoms with Crippen molar-refractivity contribution >= 4 is 32.7 Å². The number of fused-ring (bicyclic) bond motifs is 1. The highest BCUT2D eigenvalue weighted by Crippen LogP contribution is 2.36. The van der Waals surface area contributed by atoms with Gasteiger partial charge in [-0.1, -0.05) is 41.6 Å². The lowest BCUT2D eigenvalue weighted by molar-refractivity contribution is -0.117. The number of amides is 1. The second kappa shape index (κ2) is 5.70. The first-order valence-corrected chi connectivity index (χ1v) is 9.81. The van der Waals surface area contributed by atoms with Crippen LogP contribution in [0.1, 0.15) is 11.1 Å². The lowest BCUT2D eigenvalue weighted by Crippen LogP contribution is -2.34. The molecular weight excluding hydrogens is 320 g/mol. The van der Waals surface area contributed by atoms with E-state index in [0.29, 0.717) is 5.17 Å². The summed E-state index contributed by atoms with van der Waals surface area (Å²) in [6.45, 7) is 2.00. The van der Waals surface area contributed by atoms with Crippen LogP contribution >= 0.6 is 11.8 Å². The van der Waals surface area contributed by atoms with Gasteiger partial charge in [-0.3, -0.25) is 4.79 Å². The van der Waals surface area contributed by atoms with E-state index >= 15 is 0 Å². The van der Waals surface area contributed by atoms with E-state index in [1.54, 1.807) is 0 Å². The molecule has 2 aliphatic heterocycles. The molecule has 0 spiro atoms. The highest BCUT2D eigenvalue weighted by molar-refractivity contribution is 8.15. The summed E-state index contributed by atoms with van der Waals surface area (Å²) in [5.41, 5.74) is 2.09. The number of carbonyl (C=O) groups is 1. The number of benzene rings is 1. The predicted molar refractivity (Wildman–Crippen MR) is 88.9 cm³/mol. The molecule has 3 rings (SSSR count). The Morgan fingerprint density at radius 3 is 2.64 bits per heavy atom. The Balaban J connectivity index is 1.68. The SMILES string of the molecule is Cc1ccc(CC(=O)N=C2S[C@@H]3CS(=O)(=O)C[C@@H]3N2C)cc1. The fraction of sp³-hybridized carbons (Fsp3) is 0.467. The Kier molecular flexibility index (Phi) is 4.03. The predicted octanol–water partition coefficient (Wildman–Crippen LogP) is 1.26. The molecule has 0 saturated carbocycles. The molecule has 0 radical (unpaired) electrons. The van der Waals surface area contributed by atoms with Crippen molar-refractivity contribution in [2.24, 2.45) is 4.99 Å². The number of hydrogen-bond donors (Lipinski definition) is 0. The van der Waals surface area contributed by atoms with Crippen molar-refractivity contribution in [1.82, 2.24) is 4.90 Å². The fourth-order valence-corrected chi connectivity index (χ4v) is 6.78. The largest absolute Gasteiger partial charge is 0.349 e. The van der Waals surface area contributed by atoms with Crippen LogP contribution in [0.4, 0.5) is 0 Å². The van der Waals surface area contributed by atoms with Crippen molar-refractivity contribution in [3.63, 3.8) is 0 Å². The van der Waals surface area contributed by atoms with Gasteiger partial charge in [0.05, 0.1) is 24.0 Å². The van der Waals surface area contributed by atoms with Crippen LogP contribution in [0.15, 0.2) is 29.3 Å². The highest BCUT2D eigenvalue weighted by atomic mass is 32.2. The second-order valence-corrected chi connectivity index (χ2v) is 9.22. The minimum absolute atomic E-state index is 0.000856. The van der Waals surface area contributed by atoms with E-state index in [1.165, 1.54) is 11.8 Å². The van der Waals surface area contributed by atoms with E-state index < -0.39 is 9.84 Å². The van der Waals surface area contributed by atoms with Crippen LogP contribution in [0.2, 0.25) is 0 Å². The lowest BCUT2D eigenvalue weighted by atomic mass is 10.1. The number of aryl methyl sites for hydroxylation is 1. The maximum absolute atomic E-state index is 12.1. The van der Waals surface area contributed by atoms with Gasteiger partial charge in [0.15, 0.2) is 15.0 Å². The number of thioether (sulfide) groups is 1. The molecule has 1 aromatic carbocycles. The number of rotatable bonds is 2. The summed E-state index contributed by atoms with van der Waals surface area (Å²) < 4.78 is 23.3. The zero-order chi connectivity index (χ0) is 15.9. The van der Waals surface area contributed by atoms with E-state index in [4.69, 9.17) is 0 Å². The summed E-state index contributed by atoms with van der Waals surface area (Å²) in [4.78, 5) is 18.1. The summed E-state index contributed by atoms with van der Waals surface area (Å²) in [6.07, 6.45) is 0.270. The van der Waals surface area contributed by atoms with Crippen LogP contribution in [-0.2, 0) is 21.1 Å². The Morgan fingerprint density at radius 2 is 2.00 bits per heavy atom. The van der Waals surface area contributed by atoms with Gasteiger partial charge in [0.1, 0.15) is 0 Å². The van der Waals surface area contributed by atoms with Crippen molar-refractivity contribution in [3.05, 3.63) is 35.4 Å². The summed E-state index contributed by atoms with van der Waals surface area (Å²) in [6, 6.07) is 7.75. The average molecular weight is 338 g/mol. The summed E-state index contributed by atoms with van der Waals surface area (Å²) in [7, 11) is -1.13. The standard InChI is InChI=1S/C15H18N2O3S2/c1-10-3-5-11(6-4-10)7-14(18)16-15-17(2)12-8-22(19,20)9-13(12)21-15/h3-6,12-13H,7-9H2,1-2H3/t12-,13+/m0/s1. The number of amidine groups is 1. The van der Waals surface area contributed by atoms with Crippen LogP contribution in [0.3, 0.4) is 0 Å². The van der Waals surface area contributed by atoms with Gasteiger partial charge in [-0.2, -0.15) is 4.99 Å². The first kappa shape index (κ1) is 15.6. The van der Waals surface area contributed by atoms with Crippen molar-refractivity contribution in [3.8, 4) is 0 Å². The maximum atomic E-state index is 12.1. The molecule has 2 aliphatic rings. The summed E-state index contributed by atoms with van der Waals surface area (Å²) in [5.74, 6) is 0.144. The van der Waals surface area contributed by atoms with Crippen molar-refractivity contribution in [2.75, 3.05) is 18.6 Å². The van der Waals surface area contributed by atoms with Crippen molar-refractivity contribution in [2.45, 2.75) is 24.6 Å². The van der Waals surface area contributed by atoms with Gasteiger partial charge in [0.2, 0.25) is 0 Å². The minimum Gasteiger partial charge on any atom is -0.349 e. The number of aliphatic imine (C=N–C) groups is 1. The van der Waals surface area contributed by atoms with Gasteiger partial charge >= 0.3 is 0 Å². The molecule has 2 heterocycles. The molecule has 0 N–H and O–H groups in total. The third-order valence-corrected chi connectivity index (χ3v) is 7.33. The zero-order valence-corrected chi connectivity index (χ0v) is 14.2. The van der Waals surface area contributed by atoms with Gasteiger partial charge in [-0.25, -0.2) is 8.42 Å². The van der Waals surface area contributed by atoms with Crippen molar-refractivity contribution in [1.29, 1.82) is 0 Å². The molecule has 7 heteroatoms. The molecule has 5 nitrogen and oxygen atoms in total. The van der Waals surface area contributed by atoms with Gasteiger partial charge < -0.3 is 4.90 Å². The van der Waals surface area contributed by atoms with Crippen LogP contribution in [0.5, 0.6) is 0 Å². The van der Waals surface area contributed by atoms with Crippen LogP contribution < -0.4 is 0 Å². The fourth-order valence-electron chi connectivity index (χ4n) is 2.76. The smallest absolute Gasteiger partial charge is 0.252 e. The van der Waals surface area contributed by atoms with E-state index in [-0.39, 0.29) is 35.1 Å². The van der Waals surface area contributed by atoms with E-state index in [1.807, 2.05) is 43.1 Å². The molecule has 0 aliphatic carbocycles. The van der Waals surface area contributed by atoms with Gasteiger partial charge in [0.25, 0.3) is 5.91 Å². The lowest BCUT2D eigenvalue weighted by Gasteiger charge is -2.17. The molecule has 22 heavy (non-hydrogen) atoms. The highest BCUT2D eigenvalue weighted by Gasteiger charge is 2.47. The molecule has 2 fully saturated rings. The number of carbonyl (C=O) groups excluding carboxylic acids is 1. The van der Waals surface area contributed by atoms with Crippen LogP contribution in [0.25, 0.3) is 0 Å². The van der Waals surface area contributed by atoms with Gasteiger partial charge in [0, 0.05) is 12.3 Å². The van der Waals surface area contributed by atoms with E-state index in [0.717, 1.165) is 11.1 Å². The van der Waals surface area contributed by atoms with Gasteiger partial charge in [-0.05, 0) is 12.5 Å². The maximum Gasteiger partial charge on any atom is 0.252 e. The number of sulfone groups is 1. The Morgan fingerprint density at radius 1 is 1.32 bits per heavy atom. The molecular formula is C15H18N2O3S2. The molecule has 1 amide bonds. The van der Waals surface area contributed by atoms with E-state index in [9.17, 15) is 13.2 Å². The molecule has 2 atom stereocenters. The quantitative estimate of drug-likeness (QED) is 0.812. The minimum atomic E-state index is -2.95. The third kappa shape index (κ3) is 3.20. The van der Waals surface area contributed by atoms with Gasteiger partial charge in [-0.15, -0.1) is 0 Å². The first-order valence-electron chi connectivity index (χ1n) is 7.11. The normalized spacial score (nSPS) is 28.1. The molecule has 0 aromatic heterocycles. The molecule has 0 bridgehead atoms. The topological polar surface area (TPSA) is 66.8 Å². The van der Waals surface area contributed by atoms with Crippen molar-refractivity contribution < 1.29 is 13.2 Å². The van der Waals surface area contributed by atoms with Crippen LogP contribution in [-0.4, -0.2) is 54.2 Å². The van der Waals surface area contributed by atoms with E-state index in [2.05, 4.69) is 4.99 Å². The summed E-state index contributed by atoms with van der Waals surface area (Å²) >= 11 is 1.41. The molecule has 2 saturated heterocycles. The number of hydrogen-bond acceptors (Lipinski definition) is 4. The monoisotopic (exact) mass is 338 g/mol. The molecule has 0 unspecified atom stereocenters.